The molecule has 5 heteroatoms. The summed E-state index contributed by atoms with van der Waals surface area (Å²) in [5.41, 5.74) is 0.908. The molecule has 0 aliphatic rings. The topological polar surface area (TPSA) is 25.2 Å². The van der Waals surface area contributed by atoms with Crippen LogP contribution in [0.1, 0.15) is 17.2 Å². The lowest BCUT2D eigenvalue weighted by atomic mass is 10.0. The van der Waals surface area contributed by atoms with Gasteiger partial charge in [-0.2, -0.15) is 0 Å². The highest BCUT2D eigenvalue weighted by molar-refractivity contribution is 9.10. The highest BCUT2D eigenvalue weighted by Crippen LogP contribution is 2.28. The lowest BCUT2D eigenvalue weighted by Gasteiger charge is -2.16. The van der Waals surface area contributed by atoms with Crippen LogP contribution in [0.3, 0.4) is 0 Å². The Morgan fingerprint density at radius 2 is 1.94 bits per heavy atom. The maximum atomic E-state index is 13.6. The average molecular weight is 316 g/mol. The molecule has 0 amide bonds. The summed E-state index contributed by atoms with van der Waals surface area (Å²) in [5.74, 6) is -1.07. The van der Waals surface area contributed by atoms with Gasteiger partial charge in [0, 0.05) is 17.2 Å². The first kappa shape index (κ1) is 13.2. The zero-order chi connectivity index (χ0) is 13.1. The Balaban J connectivity index is 2.29. The van der Waals surface area contributed by atoms with E-state index in [1.165, 1.54) is 24.5 Å². The van der Waals surface area contributed by atoms with E-state index in [9.17, 15) is 8.78 Å². The Bertz CT molecular complexity index is 521. The number of likely N-dealkylation sites (N-methyl/N-ethyl adjacent to an activating group) is 1. The second kappa shape index (κ2) is 5.63. The third-order valence-electron chi connectivity index (χ3n) is 2.84. The summed E-state index contributed by atoms with van der Waals surface area (Å²) in [6.45, 7) is 0. The number of furan rings is 1. The van der Waals surface area contributed by atoms with Gasteiger partial charge < -0.3 is 9.73 Å². The van der Waals surface area contributed by atoms with Crippen molar-refractivity contribution in [3.63, 3.8) is 0 Å². The Morgan fingerprint density at radius 1 is 1.28 bits per heavy atom. The molecule has 0 aliphatic heterocycles. The van der Waals surface area contributed by atoms with Gasteiger partial charge in [0.1, 0.15) is 11.6 Å². The van der Waals surface area contributed by atoms with Gasteiger partial charge in [-0.1, -0.05) is 6.07 Å². The van der Waals surface area contributed by atoms with Gasteiger partial charge in [0.25, 0.3) is 0 Å². The van der Waals surface area contributed by atoms with Crippen LogP contribution in [0, 0.1) is 11.6 Å². The number of benzene rings is 1. The third kappa shape index (κ3) is 2.62. The lowest BCUT2D eigenvalue weighted by molar-refractivity contribution is 0.497. The van der Waals surface area contributed by atoms with Crippen LogP contribution in [0.2, 0.25) is 0 Å². The van der Waals surface area contributed by atoms with Gasteiger partial charge in [-0.3, -0.25) is 0 Å². The second-order valence-electron chi connectivity index (χ2n) is 3.90. The van der Waals surface area contributed by atoms with Crippen molar-refractivity contribution < 1.29 is 13.2 Å². The van der Waals surface area contributed by atoms with Crippen LogP contribution < -0.4 is 5.32 Å². The van der Waals surface area contributed by atoms with Crippen LogP contribution in [0.15, 0.2) is 39.6 Å². The predicted octanol–water partition coefficient (Wildman–Crippen LogP) is 3.82. The van der Waals surface area contributed by atoms with Gasteiger partial charge in [0.2, 0.25) is 0 Å². The summed E-state index contributed by atoms with van der Waals surface area (Å²) in [5, 5.41) is 3.02. The van der Waals surface area contributed by atoms with Crippen molar-refractivity contribution in [2.24, 2.45) is 0 Å². The molecule has 1 aromatic heterocycles. The Labute approximate surface area is 112 Å². The Kier molecular flexibility index (Phi) is 4.14. The Hall–Kier alpha value is -1.20. The molecule has 0 saturated carbocycles. The number of nitrogens with one attached hydrogen (secondary N) is 1. The van der Waals surface area contributed by atoms with Gasteiger partial charge in [-0.25, -0.2) is 8.78 Å². The van der Waals surface area contributed by atoms with Crippen molar-refractivity contribution >= 4 is 15.9 Å². The first-order valence-electron chi connectivity index (χ1n) is 5.46. The maximum absolute atomic E-state index is 13.6. The highest BCUT2D eigenvalue weighted by Gasteiger charge is 2.19. The van der Waals surface area contributed by atoms with Crippen LogP contribution in [-0.2, 0) is 6.42 Å². The van der Waals surface area contributed by atoms with E-state index in [2.05, 4.69) is 21.2 Å². The molecule has 18 heavy (non-hydrogen) atoms. The quantitative estimate of drug-likeness (QED) is 0.927. The predicted molar refractivity (Wildman–Crippen MR) is 68.3 cm³/mol. The molecular weight excluding hydrogens is 304 g/mol. The first-order valence-corrected chi connectivity index (χ1v) is 6.25. The van der Waals surface area contributed by atoms with E-state index < -0.39 is 11.6 Å². The van der Waals surface area contributed by atoms with Crippen molar-refractivity contribution in [3.8, 4) is 0 Å². The van der Waals surface area contributed by atoms with E-state index in [0.717, 1.165) is 5.56 Å². The van der Waals surface area contributed by atoms with Crippen LogP contribution >= 0.6 is 15.9 Å². The van der Waals surface area contributed by atoms with Crippen molar-refractivity contribution in [1.29, 1.82) is 0 Å². The second-order valence-corrected chi connectivity index (χ2v) is 4.62. The van der Waals surface area contributed by atoms with E-state index >= 15 is 0 Å². The molecule has 2 nitrogen and oxygen atoms in total. The summed E-state index contributed by atoms with van der Waals surface area (Å²) in [6, 6.07) is 5.43. The molecule has 0 fully saturated rings. The molecule has 1 unspecified atom stereocenters. The SMILES string of the molecule is CNC(Cc1c(F)cccc1F)c1ccoc1Br. The summed E-state index contributed by atoms with van der Waals surface area (Å²) >= 11 is 3.26. The lowest BCUT2D eigenvalue weighted by Crippen LogP contribution is -2.19. The third-order valence-corrected chi connectivity index (χ3v) is 3.48. The average Bonchev–Trinajstić information content (AvgIpc) is 2.76. The molecule has 0 aliphatic carbocycles. The molecule has 0 saturated heterocycles. The summed E-state index contributed by atoms with van der Waals surface area (Å²) in [6.07, 6.45) is 1.74. The molecule has 0 bridgehead atoms. The van der Waals surface area contributed by atoms with Crippen molar-refractivity contribution in [2.75, 3.05) is 7.05 Å². The van der Waals surface area contributed by atoms with E-state index in [-0.39, 0.29) is 18.0 Å². The van der Waals surface area contributed by atoms with Crippen LogP contribution in [0.25, 0.3) is 0 Å². The largest absolute Gasteiger partial charge is 0.457 e. The zero-order valence-electron chi connectivity index (χ0n) is 9.71. The Morgan fingerprint density at radius 3 is 2.44 bits per heavy atom. The highest BCUT2D eigenvalue weighted by atomic mass is 79.9. The monoisotopic (exact) mass is 315 g/mol. The minimum Gasteiger partial charge on any atom is -0.457 e. The molecule has 1 aromatic carbocycles. The van der Waals surface area contributed by atoms with Gasteiger partial charge in [-0.05, 0) is 47.6 Å². The van der Waals surface area contributed by atoms with Crippen LogP contribution in [-0.4, -0.2) is 7.05 Å². The summed E-state index contributed by atoms with van der Waals surface area (Å²) in [4.78, 5) is 0. The van der Waals surface area contributed by atoms with Gasteiger partial charge >= 0.3 is 0 Å². The number of hydrogen-bond acceptors (Lipinski definition) is 2. The normalized spacial score (nSPS) is 12.7. The molecule has 0 radical (unpaired) electrons. The van der Waals surface area contributed by atoms with Crippen molar-refractivity contribution in [3.05, 3.63) is 58.0 Å². The number of rotatable bonds is 4. The molecule has 0 spiro atoms. The van der Waals surface area contributed by atoms with Gasteiger partial charge in [0.15, 0.2) is 4.67 Å². The molecule has 1 atom stereocenters. The first-order chi connectivity index (χ1) is 8.63. The maximum Gasteiger partial charge on any atom is 0.173 e. The fraction of sp³-hybridized carbons (Fsp3) is 0.231. The minimum atomic E-state index is -0.533. The van der Waals surface area contributed by atoms with Crippen molar-refractivity contribution in [2.45, 2.75) is 12.5 Å². The smallest absolute Gasteiger partial charge is 0.173 e. The molecule has 1 N–H and O–H groups in total. The zero-order valence-corrected chi connectivity index (χ0v) is 11.3. The summed E-state index contributed by atoms with van der Waals surface area (Å²) < 4.78 is 32.9. The molecular formula is C13H12BrF2NO. The van der Waals surface area contributed by atoms with Gasteiger partial charge in [-0.15, -0.1) is 0 Å². The van der Waals surface area contributed by atoms with E-state index in [4.69, 9.17) is 4.42 Å². The van der Waals surface area contributed by atoms with E-state index in [1.807, 2.05) is 0 Å². The minimum absolute atomic E-state index is 0.0740. The molecule has 2 rings (SSSR count). The fourth-order valence-electron chi connectivity index (χ4n) is 1.85. The number of halogens is 3. The van der Waals surface area contributed by atoms with E-state index in [1.54, 1.807) is 13.1 Å². The van der Waals surface area contributed by atoms with Gasteiger partial charge in [0.05, 0.1) is 6.26 Å². The van der Waals surface area contributed by atoms with Crippen molar-refractivity contribution in [1.82, 2.24) is 5.32 Å². The summed E-state index contributed by atoms with van der Waals surface area (Å²) in [7, 11) is 1.74. The van der Waals surface area contributed by atoms with Crippen LogP contribution in [0.4, 0.5) is 8.78 Å². The van der Waals surface area contributed by atoms with Crippen LogP contribution in [0.5, 0.6) is 0 Å². The fourth-order valence-corrected chi connectivity index (χ4v) is 2.37. The van der Waals surface area contributed by atoms with E-state index in [0.29, 0.717) is 4.67 Å². The molecule has 96 valence electrons. The standard InChI is InChI=1S/C13H12BrF2NO/c1-17-12(8-5-6-18-13(8)14)7-9-10(15)3-2-4-11(9)16/h2-6,12,17H,7H2,1H3. The molecule has 2 aromatic rings. The molecule has 1 heterocycles. The number of hydrogen-bond donors (Lipinski definition) is 1.